The average molecular weight is 364 g/mol. The van der Waals surface area contributed by atoms with Gasteiger partial charge in [0, 0.05) is 37.9 Å². The van der Waals surface area contributed by atoms with Crippen LogP contribution in [-0.4, -0.2) is 64.4 Å². The molecule has 1 aliphatic rings. The zero-order valence-electron chi connectivity index (χ0n) is 15.1. The first-order chi connectivity index (χ1) is 11.8. The smallest absolute Gasteiger partial charge is 0.213 e. The van der Waals surface area contributed by atoms with Gasteiger partial charge in [-0.05, 0) is 33.8 Å². The molecular weight excluding hydrogens is 340 g/mol. The van der Waals surface area contributed by atoms with Crippen molar-refractivity contribution in [3.05, 3.63) is 29.3 Å². The summed E-state index contributed by atoms with van der Waals surface area (Å²) >= 11 is 0. The Morgan fingerprint density at radius 2 is 1.64 bits per heavy atom. The fraction of sp³-hybridized carbons (Fsp3) is 0.562. The Bertz CT molecular complexity index is 869. The van der Waals surface area contributed by atoms with E-state index in [9.17, 15) is 8.42 Å². The van der Waals surface area contributed by atoms with Crippen LogP contribution in [0.4, 0.5) is 5.82 Å². The van der Waals surface area contributed by atoms with Crippen LogP contribution >= 0.6 is 0 Å². The lowest BCUT2D eigenvalue weighted by Crippen LogP contribution is -2.49. The van der Waals surface area contributed by atoms with E-state index in [1.165, 1.54) is 0 Å². The number of aromatic nitrogens is 4. The fourth-order valence-corrected chi connectivity index (χ4v) is 4.13. The molecule has 2 aromatic heterocycles. The van der Waals surface area contributed by atoms with E-state index >= 15 is 0 Å². The van der Waals surface area contributed by atoms with E-state index in [0.29, 0.717) is 32.0 Å². The number of hydrogen-bond donors (Lipinski definition) is 0. The molecular formula is C16H24N6O2S. The Kier molecular flexibility index (Phi) is 4.79. The second-order valence-corrected chi connectivity index (χ2v) is 8.51. The molecule has 25 heavy (non-hydrogen) atoms. The van der Waals surface area contributed by atoms with Crippen LogP contribution in [0.5, 0.6) is 0 Å². The van der Waals surface area contributed by atoms with Crippen LogP contribution in [0.25, 0.3) is 5.82 Å². The number of aryl methyl sites for hydroxylation is 3. The summed E-state index contributed by atoms with van der Waals surface area (Å²) in [5.74, 6) is 2.35. The van der Waals surface area contributed by atoms with Gasteiger partial charge in [0.15, 0.2) is 5.82 Å². The van der Waals surface area contributed by atoms with Crippen LogP contribution in [-0.2, 0) is 10.0 Å². The largest absolute Gasteiger partial charge is 0.354 e. The monoisotopic (exact) mass is 364 g/mol. The molecule has 1 fully saturated rings. The lowest BCUT2D eigenvalue weighted by atomic mass is 10.3. The van der Waals surface area contributed by atoms with Gasteiger partial charge in [-0.25, -0.2) is 23.1 Å². The molecule has 0 aliphatic carbocycles. The van der Waals surface area contributed by atoms with Gasteiger partial charge in [-0.1, -0.05) is 0 Å². The first-order valence-corrected chi connectivity index (χ1v) is 10.0. The maximum Gasteiger partial charge on any atom is 0.213 e. The third kappa shape index (κ3) is 3.67. The molecule has 1 aliphatic heterocycles. The summed E-state index contributed by atoms with van der Waals surface area (Å²) in [6.45, 7) is 9.67. The number of sulfonamides is 1. The minimum absolute atomic E-state index is 0.141. The quantitative estimate of drug-likeness (QED) is 0.807. The van der Waals surface area contributed by atoms with Crippen LogP contribution in [0.15, 0.2) is 12.1 Å². The van der Waals surface area contributed by atoms with Gasteiger partial charge in [0.1, 0.15) is 11.6 Å². The van der Waals surface area contributed by atoms with Crippen molar-refractivity contribution in [2.45, 2.75) is 27.7 Å². The summed E-state index contributed by atoms with van der Waals surface area (Å²) in [6.07, 6.45) is 0. The third-order valence-electron chi connectivity index (χ3n) is 4.36. The Balaban J connectivity index is 1.84. The molecule has 0 unspecified atom stereocenters. The first-order valence-electron chi connectivity index (χ1n) is 8.42. The molecule has 3 rings (SSSR count). The van der Waals surface area contributed by atoms with Crippen molar-refractivity contribution in [2.24, 2.45) is 0 Å². The highest BCUT2D eigenvalue weighted by Gasteiger charge is 2.26. The van der Waals surface area contributed by atoms with Gasteiger partial charge in [-0.15, -0.1) is 0 Å². The van der Waals surface area contributed by atoms with E-state index in [-0.39, 0.29) is 5.75 Å². The van der Waals surface area contributed by atoms with Crippen molar-refractivity contribution in [1.82, 2.24) is 24.1 Å². The third-order valence-corrected chi connectivity index (χ3v) is 6.24. The van der Waals surface area contributed by atoms with Crippen LogP contribution in [0.3, 0.4) is 0 Å². The molecule has 0 aromatic carbocycles. The van der Waals surface area contributed by atoms with E-state index in [1.807, 2.05) is 37.6 Å². The fourth-order valence-electron chi connectivity index (χ4n) is 3.05. The minimum Gasteiger partial charge on any atom is -0.354 e. The number of rotatable bonds is 4. The molecule has 2 aromatic rings. The first kappa shape index (κ1) is 17.8. The van der Waals surface area contributed by atoms with E-state index in [1.54, 1.807) is 11.2 Å². The second kappa shape index (κ2) is 6.72. The maximum atomic E-state index is 12.0. The molecule has 0 atom stereocenters. The van der Waals surface area contributed by atoms with Crippen LogP contribution in [0.2, 0.25) is 0 Å². The Morgan fingerprint density at radius 3 is 2.20 bits per heavy atom. The van der Waals surface area contributed by atoms with Gasteiger partial charge in [-0.2, -0.15) is 9.40 Å². The zero-order chi connectivity index (χ0) is 18.2. The molecule has 0 N–H and O–H groups in total. The summed E-state index contributed by atoms with van der Waals surface area (Å²) in [7, 11) is -3.13. The van der Waals surface area contributed by atoms with Crippen molar-refractivity contribution >= 4 is 15.8 Å². The molecule has 0 amide bonds. The summed E-state index contributed by atoms with van der Waals surface area (Å²) in [4.78, 5) is 11.1. The second-order valence-electron chi connectivity index (χ2n) is 6.26. The van der Waals surface area contributed by atoms with Crippen molar-refractivity contribution in [3.63, 3.8) is 0 Å². The SMILES string of the molecule is CCS(=O)(=O)N1CCN(c2cc(-n3nc(C)cc3C)nc(C)n2)CC1. The molecule has 1 saturated heterocycles. The van der Waals surface area contributed by atoms with E-state index in [0.717, 1.165) is 23.0 Å². The number of piperazine rings is 1. The number of nitrogens with zero attached hydrogens (tertiary/aromatic N) is 6. The molecule has 0 saturated carbocycles. The maximum absolute atomic E-state index is 12.0. The predicted molar refractivity (Wildman–Crippen MR) is 96.6 cm³/mol. The average Bonchev–Trinajstić information content (AvgIpc) is 2.93. The molecule has 0 radical (unpaired) electrons. The van der Waals surface area contributed by atoms with Crippen LogP contribution in [0.1, 0.15) is 24.1 Å². The Labute approximate surface area is 148 Å². The van der Waals surface area contributed by atoms with Crippen molar-refractivity contribution in [2.75, 3.05) is 36.8 Å². The van der Waals surface area contributed by atoms with Gasteiger partial charge in [0.25, 0.3) is 0 Å². The summed E-state index contributed by atoms with van der Waals surface area (Å²) in [6, 6.07) is 3.92. The van der Waals surface area contributed by atoms with Crippen molar-refractivity contribution in [3.8, 4) is 5.82 Å². The molecule has 9 heteroatoms. The van der Waals surface area contributed by atoms with E-state index < -0.39 is 10.0 Å². The number of anilines is 1. The highest BCUT2D eigenvalue weighted by molar-refractivity contribution is 7.89. The Morgan fingerprint density at radius 1 is 1.00 bits per heavy atom. The molecule has 0 spiro atoms. The van der Waals surface area contributed by atoms with Gasteiger partial charge in [0.05, 0.1) is 11.4 Å². The molecule has 0 bridgehead atoms. The predicted octanol–water partition coefficient (Wildman–Crippen LogP) is 1.06. The van der Waals surface area contributed by atoms with Gasteiger partial charge >= 0.3 is 0 Å². The summed E-state index contributed by atoms with van der Waals surface area (Å²) in [5, 5.41) is 4.48. The molecule has 136 valence electrons. The topological polar surface area (TPSA) is 84.2 Å². The van der Waals surface area contributed by atoms with Gasteiger partial charge in [0.2, 0.25) is 10.0 Å². The molecule has 3 heterocycles. The standard InChI is InChI=1S/C16H24N6O2S/c1-5-25(23,24)21-8-6-20(7-9-21)15-11-16(18-14(4)17-15)22-13(3)10-12(2)19-22/h10-11H,5-9H2,1-4H3. The normalized spacial score (nSPS) is 16.4. The van der Waals surface area contributed by atoms with E-state index in [4.69, 9.17) is 0 Å². The van der Waals surface area contributed by atoms with E-state index in [2.05, 4.69) is 20.0 Å². The number of hydrogen-bond acceptors (Lipinski definition) is 6. The highest BCUT2D eigenvalue weighted by Crippen LogP contribution is 2.19. The summed E-state index contributed by atoms with van der Waals surface area (Å²) in [5.41, 5.74) is 1.95. The zero-order valence-corrected chi connectivity index (χ0v) is 15.9. The highest BCUT2D eigenvalue weighted by atomic mass is 32.2. The van der Waals surface area contributed by atoms with Crippen molar-refractivity contribution < 1.29 is 8.42 Å². The van der Waals surface area contributed by atoms with Crippen LogP contribution < -0.4 is 4.90 Å². The van der Waals surface area contributed by atoms with Gasteiger partial charge in [-0.3, -0.25) is 0 Å². The lowest BCUT2D eigenvalue weighted by molar-refractivity contribution is 0.384. The summed E-state index contributed by atoms with van der Waals surface area (Å²) < 4.78 is 27.4. The van der Waals surface area contributed by atoms with Crippen LogP contribution in [0, 0.1) is 20.8 Å². The minimum atomic E-state index is -3.13. The molecule has 8 nitrogen and oxygen atoms in total. The Hall–Kier alpha value is -2.00. The van der Waals surface area contributed by atoms with Crippen molar-refractivity contribution in [1.29, 1.82) is 0 Å². The lowest BCUT2D eigenvalue weighted by Gasteiger charge is -2.34. The van der Waals surface area contributed by atoms with Gasteiger partial charge < -0.3 is 4.90 Å².